The number of carbonyl (C=O) groups excluding carboxylic acids is 1. The molecule has 110 valence electrons. The average Bonchev–Trinajstić information content (AvgIpc) is 2.45. The van der Waals surface area contributed by atoms with E-state index in [1.54, 1.807) is 31.2 Å². The number of hydrogen-bond acceptors (Lipinski definition) is 3. The number of hydrogen-bond donors (Lipinski definition) is 2. The maximum Gasteiger partial charge on any atom is 0.306 e. The van der Waals surface area contributed by atoms with Gasteiger partial charge >= 0.3 is 5.97 Å². The number of ether oxygens (including phenoxy) is 1. The second-order valence-corrected chi connectivity index (χ2v) is 4.66. The van der Waals surface area contributed by atoms with Crippen LogP contribution in [-0.2, 0) is 4.79 Å². The van der Waals surface area contributed by atoms with Gasteiger partial charge in [-0.05, 0) is 37.1 Å². The molecule has 1 amide bonds. The van der Waals surface area contributed by atoms with Crippen molar-refractivity contribution in [2.75, 3.05) is 13.2 Å². The van der Waals surface area contributed by atoms with E-state index in [2.05, 4.69) is 5.32 Å². The lowest BCUT2D eigenvalue weighted by Crippen LogP contribution is -2.26. The molecule has 0 aliphatic carbocycles. The first kappa shape index (κ1) is 16.0. The first-order valence-electron chi connectivity index (χ1n) is 6.78. The first-order valence-corrected chi connectivity index (χ1v) is 6.78. The average molecular weight is 279 g/mol. The van der Waals surface area contributed by atoms with Gasteiger partial charge in [0.1, 0.15) is 5.75 Å². The Kier molecular flexibility index (Phi) is 6.56. The summed E-state index contributed by atoms with van der Waals surface area (Å²) in [4.78, 5) is 22.5. The summed E-state index contributed by atoms with van der Waals surface area (Å²) in [5, 5.41) is 11.4. The number of amides is 1. The molecule has 0 aromatic heterocycles. The highest BCUT2D eigenvalue weighted by Gasteiger charge is 2.11. The minimum absolute atomic E-state index is 0.204. The molecule has 1 aromatic carbocycles. The molecule has 5 nitrogen and oxygen atoms in total. The highest BCUT2D eigenvalue weighted by Crippen LogP contribution is 2.12. The number of carbonyl (C=O) groups is 2. The van der Waals surface area contributed by atoms with Crippen LogP contribution in [0.25, 0.3) is 0 Å². The monoisotopic (exact) mass is 279 g/mol. The van der Waals surface area contributed by atoms with E-state index in [0.29, 0.717) is 25.1 Å². The van der Waals surface area contributed by atoms with Gasteiger partial charge in [-0.3, -0.25) is 9.59 Å². The van der Waals surface area contributed by atoms with Crippen LogP contribution in [0.3, 0.4) is 0 Å². The van der Waals surface area contributed by atoms with E-state index in [1.807, 2.05) is 6.92 Å². The van der Waals surface area contributed by atoms with Gasteiger partial charge in [0.25, 0.3) is 5.91 Å². The van der Waals surface area contributed by atoms with Gasteiger partial charge in [-0.2, -0.15) is 0 Å². The third-order valence-electron chi connectivity index (χ3n) is 2.87. The van der Waals surface area contributed by atoms with Crippen LogP contribution in [0.1, 0.15) is 37.0 Å². The van der Waals surface area contributed by atoms with Crippen molar-refractivity contribution in [1.29, 1.82) is 0 Å². The lowest BCUT2D eigenvalue weighted by Gasteiger charge is -2.09. The Bertz CT molecular complexity index is 442. The maximum absolute atomic E-state index is 11.8. The van der Waals surface area contributed by atoms with Crippen molar-refractivity contribution in [2.24, 2.45) is 5.92 Å². The van der Waals surface area contributed by atoms with Crippen LogP contribution in [0.2, 0.25) is 0 Å². The number of benzene rings is 1. The number of aliphatic carboxylic acids is 1. The molecule has 0 bridgehead atoms. The minimum Gasteiger partial charge on any atom is -0.494 e. The van der Waals surface area contributed by atoms with Crippen LogP contribution in [0, 0.1) is 5.92 Å². The number of carboxylic acid groups (broad SMARTS) is 1. The third kappa shape index (κ3) is 5.30. The summed E-state index contributed by atoms with van der Waals surface area (Å²) in [5.74, 6) is -0.774. The summed E-state index contributed by atoms with van der Waals surface area (Å²) in [7, 11) is 0. The molecule has 0 heterocycles. The van der Waals surface area contributed by atoms with Gasteiger partial charge in [0.15, 0.2) is 0 Å². The van der Waals surface area contributed by atoms with Crippen molar-refractivity contribution in [2.45, 2.75) is 26.7 Å². The fourth-order valence-corrected chi connectivity index (χ4v) is 1.55. The molecule has 1 atom stereocenters. The van der Waals surface area contributed by atoms with Crippen LogP contribution < -0.4 is 10.1 Å². The van der Waals surface area contributed by atoms with E-state index in [0.717, 1.165) is 12.2 Å². The van der Waals surface area contributed by atoms with Crippen LogP contribution in [0.4, 0.5) is 0 Å². The van der Waals surface area contributed by atoms with Crippen LogP contribution in [-0.4, -0.2) is 30.1 Å². The second-order valence-electron chi connectivity index (χ2n) is 4.66. The molecule has 0 radical (unpaired) electrons. The van der Waals surface area contributed by atoms with E-state index < -0.39 is 11.9 Å². The standard InChI is InChI=1S/C15H21NO4/c1-3-10-20-13-6-4-12(5-7-13)14(17)16-9-8-11(2)15(18)19/h4-7,11H,3,8-10H2,1-2H3,(H,16,17)(H,18,19). The van der Waals surface area contributed by atoms with Crippen molar-refractivity contribution in [3.63, 3.8) is 0 Å². The zero-order chi connectivity index (χ0) is 15.0. The Morgan fingerprint density at radius 1 is 1.30 bits per heavy atom. The fraction of sp³-hybridized carbons (Fsp3) is 0.467. The minimum atomic E-state index is -0.850. The molecule has 2 N–H and O–H groups in total. The summed E-state index contributed by atoms with van der Waals surface area (Å²) < 4.78 is 5.43. The molecular weight excluding hydrogens is 258 g/mol. The summed E-state index contributed by atoms with van der Waals surface area (Å²) in [5.41, 5.74) is 0.539. The predicted octanol–water partition coefficient (Wildman–Crippen LogP) is 2.32. The molecule has 0 spiro atoms. The van der Waals surface area contributed by atoms with Gasteiger partial charge in [0.05, 0.1) is 12.5 Å². The smallest absolute Gasteiger partial charge is 0.306 e. The Hall–Kier alpha value is -2.04. The molecule has 1 rings (SSSR count). The van der Waals surface area contributed by atoms with Crippen LogP contribution in [0.15, 0.2) is 24.3 Å². The Labute approximate surface area is 118 Å². The number of nitrogens with one attached hydrogen (secondary N) is 1. The normalized spacial score (nSPS) is 11.7. The Morgan fingerprint density at radius 3 is 2.50 bits per heavy atom. The molecular formula is C15H21NO4. The first-order chi connectivity index (χ1) is 9.54. The molecule has 0 aliphatic heterocycles. The van der Waals surface area contributed by atoms with Gasteiger partial charge in [-0.15, -0.1) is 0 Å². The molecule has 0 saturated heterocycles. The van der Waals surface area contributed by atoms with Crippen molar-refractivity contribution >= 4 is 11.9 Å². The summed E-state index contributed by atoms with van der Waals surface area (Å²) >= 11 is 0. The van der Waals surface area contributed by atoms with Gasteiger partial charge in [0, 0.05) is 12.1 Å². The van der Waals surface area contributed by atoms with Crippen molar-refractivity contribution < 1.29 is 19.4 Å². The van der Waals surface area contributed by atoms with Crippen LogP contribution >= 0.6 is 0 Å². The topological polar surface area (TPSA) is 75.6 Å². The molecule has 1 unspecified atom stereocenters. The van der Waals surface area contributed by atoms with Crippen molar-refractivity contribution in [3.8, 4) is 5.75 Å². The largest absolute Gasteiger partial charge is 0.494 e. The molecule has 20 heavy (non-hydrogen) atoms. The van der Waals surface area contributed by atoms with Gasteiger partial charge < -0.3 is 15.2 Å². The third-order valence-corrected chi connectivity index (χ3v) is 2.87. The summed E-state index contributed by atoms with van der Waals surface area (Å²) in [6, 6.07) is 6.90. The second kappa shape index (κ2) is 8.19. The Balaban J connectivity index is 2.41. The molecule has 0 aliphatic rings. The highest BCUT2D eigenvalue weighted by atomic mass is 16.5. The molecule has 0 saturated carbocycles. The van der Waals surface area contributed by atoms with Crippen LogP contribution in [0.5, 0.6) is 5.75 Å². The van der Waals surface area contributed by atoms with Crippen molar-refractivity contribution in [1.82, 2.24) is 5.32 Å². The zero-order valence-electron chi connectivity index (χ0n) is 11.9. The highest BCUT2D eigenvalue weighted by molar-refractivity contribution is 5.94. The Morgan fingerprint density at radius 2 is 1.95 bits per heavy atom. The van der Waals surface area contributed by atoms with E-state index in [1.165, 1.54) is 0 Å². The van der Waals surface area contributed by atoms with Gasteiger partial charge in [-0.25, -0.2) is 0 Å². The zero-order valence-corrected chi connectivity index (χ0v) is 11.9. The number of carboxylic acids is 1. The lowest BCUT2D eigenvalue weighted by molar-refractivity contribution is -0.141. The fourth-order valence-electron chi connectivity index (χ4n) is 1.55. The van der Waals surface area contributed by atoms with Gasteiger partial charge in [-0.1, -0.05) is 13.8 Å². The molecule has 1 aromatic rings. The SMILES string of the molecule is CCCOc1ccc(C(=O)NCCC(C)C(=O)O)cc1. The lowest BCUT2D eigenvalue weighted by atomic mass is 10.1. The number of rotatable bonds is 8. The summed E-state index contributed by atoms with van der Waals surface area (Å²) in [6.45, 7) is 4.65. The van der Waals surface area contributed by atoms with E-state index in [9.17, 15) is 9.59 Å². The summed E-state index contributed by atoms with van der Waals surface area (Å²) in [6.07, 6.45) is 1.35. The maximum atomic E-state index is 11.8. The van der Waals surface area contributed by atoms with Gasteiger partial charge in [0.2, 0.25) is 0 Å². The molecule has 0 fully saturated rings. The van der Waals surface area contributed by atoms with E-state index in [-0.39, 0.29) is 5.91 Å². The molecule has 5 heteroatoms. The van der Waals surface area contributed by atoms with Crippen molar-refractivity contribution in [3.05, 3.63) is 29.8 Å². The predicted molar refractivity (Wildman–Crippen MR) is 76.0 cm³/mol. The van der Waals surface area contributed by atoms with E-state index in [4.69, 9.17) is 9.84 Å². The quantitative estimate of drug-likeness (QED) is 0.765. The van der Waals surface area contributed by atoms with E-state index >= 15 is 0 Å².